The van der Waals surface area contributed by atoms with Gasteiger partial charge in [-0.15, -0.1) is 0 Å². The third kappa shape index (κ3) is 4.56. The van der Waals surface area contributed by atoms with Gasteiger partial charge in [0, 0.05) is 17.4 Å². The number of carbonyl (C=O) groups excluding carboxylic acids is 1. The first kappa shape index (κ1) is 18.4. The zero-order valence-corrected chi connectivity index (χ0v) is 14.8. The molecule has 0 aliphatic rings. The van der Waals surface area contributed by atoms with Gasteiger partial charge in [-0.1, -0.05) is 6.07 Å². The van der Waals surface area contributed by atoms with Gasteiger partial charge >= 0.3 is 5.97 Å². The lowest BCUT2D eigenvalue weighted by Gasteiger charge is -2.10. The van der Waals surface area contributed by atoms with Crippen molar-refractivity contribution in [1.82, 2.24) is 9.88 Å². The first-order valence-electron chi connectivity index (χ1n) is 7.61. The van der Waals surface area contributed by atoms with Crippen molar-refractivity contribution < 1.29 is 22.5 Å². The molecule has 0 saturated heterocycles. The lowest BCUT2D eigenvalue weighted by Crippen LogP contribution is -2.17. The summed E-state index contributed by atoms with van der Waals surface area (Å²) in [5, 5.41) is 0.765. The summed E-state index contributed by atoms with van der Waals surface area (Å²) < 4.78 is 36.3. The average molecular weight is 354 g/mol. The standard InChI is InChI=1S/C16H22N2O5S/c1-4-23-16(19)15-12(7-8-18(2)3)13-9-11(10-24(20,21)22)5-6-14(13)17-15/h5-6,9,17H,4,7-8,10H2,1-3H3,(H,20,21,22). The van der Waals surface area contributed by atoms with E-state index in [0.717, 1.165) is 23.0 Å². The number of fused-ring (bicyclic) bond motifs is 1. The number of rotatable bonds is 7. The summed E-state index contributed by atoms with van der Waals surface area (Å²) in [4.78, 5) is 17.2. The fourth-order valence-electron chi connectivity index (χ4n) is 2.57. The molecule has 2 aromatic rings. The molecule has 1 aromatic carbocycles. The minimum Gasteiger partial charge on any atom is -0.461 e. The van der Waals surface area contributed by atoms with Gasteiger partial charge < -0.3 is 14.6 Å². The van der Waals surface area contributed by atoms with Gasteiger partial charge in [-0.3, -0.25) is 4.55 Å². The molecule has 132 valence electrons. The van der Waals surface area contributed by atoms with Gasteiger partial charge in [-0.25, -0.2) is 4.79 Å². The maximum absolute atomic E-state index is 12.2. The van der Waals surface area contributed by atoms with Crippen LogP contribution in [0.15, 0.2) is 18.2 Å². The highest BCUT2D eigenvalue weighted by atomic mass is 32.2. The molecule has 2 N–H and O–H groups in total. The van der Waals surface area contributed by atoms with Crippen LogP contribution in [0.1, 0.15) is 28.5 Å². The summed E-state index contributed by atoms with van der Waals surface area (Å²) in [5.41, 5.74) is 2.36. The molecule has 0 saturated carbocycles. The molecule has 8 heteroatoms. The van der Waals surface area contributed by atoms with Crippen LogP contribution in [-0.2, 0) is 27.0 Å². The molecule has 2 rings (SSSR count). The van der Waals surface area contributed by atoms with Crippen molar-refractivity contribution >= 4 is 27.0 Å². The van der Waals surface area contributed by atoms with E-state index >= 15 is 0 Å². The lowest BCUT2D eigenvalue weighted by atomic mass is 10.1. The predicted octanol–water partition coefficient (Wildman–Crippen LogP) is 1.84. The van der Waals surface area contributed by atoms with E-state index in [2.05, 4.69) is 4.98 Å². The summed E-state index contributed by atoms with van der Waals surface area (Å²) in [6, 6.07) is 5.00. The number of benzene rings is 1. The zero-order chi connectivity index (χ0) is 17.9. The van der Waals surface area contributed by atoms with Crippen molar-refractivity contribution in [2.75, 3.05) is 27.2 Å². The van der Waals surface area contributed by atoms with E-state index in [-0.39, 0.29) is 6.61 Å². The number of ether oxygens (including phenoxy) is 1. The second-order valence-corrected chi connectivity index (χ2v) is 7.31. The maximum Gasteiger partial charge on any atom is 0.355 e. The molecule has 0 fully saturated rings. The zero-order valence-electron chi connectivity index (χ0n) is 14.0. The second-order valence-electron chi connectivity index (χ2n) is 5.86. The van der Waals surface area contributed by atoms with Crippen molar-refractivity contribution in [3.63, 3.8) is 0 Å². The van der Waals surface area contributed by atoms with Gasteiger partial charge in [0.25, 0.3) is 10.1 Å². The summed E-state index contributed by atoms with van der Waals surface area (Å²) >= 11 is 0. The Hall–Kier alpha value is -1.90. The number of esters is 1. The fraction of sp³-hybridized carbons (Fsp3) is 0.438. The number of hydrogen-bond donors (Lipinski definition) is 2. The predicted molar refractivity (Wildman–Crippen MR) is 91.8 cm³/mol. The van der Waals surface area contributed by atoms with Crippen molar-refractivity contribution in [1.29, 1.82) is 0 Å². The van der Waals surface area contributed by atoms with Gasteiger partial charge in [0.2, 0.25) is 0 Å². The molecular weight excluding hydrogens is 332 g/mol. The highest BCUT2D eigenvalue weighted by Crippen LogP contribution is 2.26. The molecule has 0 radical (unpaired) electrons. The monoisotopic (exact) mass is 354 g/mol. The smallest absolute Gasteiger partial charge is 0.355 e. The Morgan fingerprint density at radius 2 is 2.04 bits per heavy atom. The average Bonchev–Trinajstić information content (AvgIpc) is 2.81. The molecule has 0 bridgehead atoms. The van der Waals surface area contributed by atoms with E-state index in [0.29, 0.717) is 17.7 Å². The minimum absolute atomic E-state index is 0.273. The van der Waals surface area contributed by atoms with Gasteiger partial charge in [-0.2, -0.15) is 8.42 Å². The highest BCUT2D eigenvalue weighted by molar-refractivity contribution is 7.85. The number of aromatic amines is 1. The normalized spacial score (nSPS) is 12.0. The van der Waals surface area contributed by atoms with Gasteiger partial charge in [0.1, 0.15) is 11.4 Å². The topological polar surface area (TPSA) is 99.7 Å². The second kappa shape index (κ2) is 7.33. The van der Waals surface area contributed by atoms with Crippen molar-refractivity contribution in [2.45, 2.75) is 19.1 Å². The lowest BCUT2D eigenvalue weighted by molar-refractivity contribution is 0.0519. The van der Waals surface area contributed by atoms with Crippen LogP contribution >= 0.6 is 0 Å². The van der Waals surface area contributed by atoms with E-state index in [4.69, 9.17) is 9.29 Å². The maximum atomic E-state index is 12.2. The number of nitrogens with zero attached hydrogens (tertiary/aromatic N) is 1. The Kier molecular flexibility index (Phi) is 5.63. The van der Waals surface area contributed by atoms with E-state index in [1.165, 1.54) is 0 Å². The van der Waals surface area contributed by atoms with Crippen molar-refractivity contribution in [2.24, 2.45) is 0 Å². The Balaban J connectivity index is 2.52. The molecule has 0 aliphatic heterocycles. The van der Waals surface area contributed by atoms with Crippen LogP contribution < -0.4 is 0 Å². The van der Waals surface area contributed by atoms with Crippen LogP contribution in [0.25, 0.3) is 10.9 Å². The van der Waals surface area contributed by atoms with E-state index in [9.17, 15) is 13.2 Å². The minimum atomic E-state index is -4.11. The first-order valence-corrected chi connectivity index (χ1v) is 9.22. The number of aromatic nitrogens is 1. The van der Waals surface area contributed by atoms with Gasteiger partial charge in [0.15, 0.2) is 0 Å². The molecule has 0 aliphatic carbocycles. The third-order valence-electron chi connectivity index (χ3n) is 3.61. The molecule has 0 atom stereocenters. The summed E-state index contributed by atoms with van der Waals surface area (Å²) in [7, 11) is -0.246. The Labute approximate surface area is 141 Å². The summed E-state index contributed by atoms with van der Waals surface area (Å²) in [6.45, 7) is 2.74. The number of H-pyrrole nitrogens is 1. The van der Waals surface area contributed by atoms with Crippen LogP contribution in [0.5, 0.6) is 0 Å². The molecule has 1 aromatic heterocycles. The van der Waals surface area contributed by atoms with Crippen LogP contribution in [0.4, 0.5) is 0 Å². The Morgan fingerprint density at radius 3 is 2.62 bits per heavy atom. The Morgan fingerprint density at radius 1 is 1.33 bits per heavy atom. The van der Waals surface area contributed by atoms with Crippen LogP contribution in [0.3, 0.4) is 0 Å². The van der Waals surface area contributed by atoms with Crippen LogP contribution in [0, 0.1) is 0 Å². The van der Waals surface area contributed by atoms with Crippen molar-refractivity contribution in [3.8, 4) is 0 Å². The first-order chi connectivity index (χ1) is 11.2. The SMILES string of the molecule is CCOC(=O)c1[nH]c2ccc(CS(=O)(=O)O)cc2c1CCN(C)C. The summed E-state index contributed by atoms with van der Waals surface area (Å²) in [5.74, 6) is -0.894. The van der Waals surface area contributed by atoms with Crippen LogP contribution in [-0.4, -0.2) is 56.1 Å². The molecule has 0 unspecified atom stereocenters. The fourth-order valence-corrected chi connectivity index (χ4v) is 3.17. The number of hydrogen-bond acceptors (Lipinski definition) is 5. The molecule has 1 heterocycles. The van der Waals surface area contributed by atoms with Gasteiger partial charge in [0.05, 0.1) is 6.61 Å². The number of nitrogens with one attached hydrogen (secondary N) is 1. The molecule has 0 amide bonds. The van der Waals surface area contributed by atoms with E-state index in [1.54, 1.807) is 25.1 Å². The molecule has 7 nitrogen and oxygen atoms in total. The molecule has 0 spiro atoms. The van der Waals surface area contributed by atoms with Gasteiger partial charge in [-0.05, 0) is 50.7 Å². The Bertz CT molecular complexity index is 840. The van der Waals surface area contributed by atoms with Crippen molar-refractivity contribution in [3.05, 3.63) is 35.0 Å². The molecule has 24 heavy (non-hydrogen) atoms. The van der Waals surface area contributed by atoms with E-state index < -0.39 is 21.8 Å². The quantitative estimate of drug-likeness (QED) is 0.581. The summed E-state index contributed by atoms with van der Waals surface area (Å²) in [6.07, 6.45) is 0.608. The molecular formula is C16H22N2O5S. The number of likely N-dealkylation sites (N-methyl/N-ethyl adjacent to an activating group) is 1. The third-order valence-corrected chi connectivity index (χ3v) is 4.31. The largest absolute Gasteiger partial charge is 0.461 e. The highest BCUT2D eigenvalue weighted by Gasteiger charge is 2.19. The number of carbonyl (C=O) groups is 1. The van der Waals surface area contributed by atoms with Crippen LogP contribution in [0.2, 0.25) is 0 Å². The van der Waals surface area contributed by atoms with E-state index in [1.807, 2.05) is 19.0 Å².